The van der Waals surface area contributed by atoms with Gasteiger partial charge in [0.1, 0.15) is 5.58 Å². The van der Waals surface area contributed by atoms with E-state index in [2.05, 4.69) is 20.8 Å². The molecule has 1 unspecified atom stereocenters. The zero-order valence-electron chi connectivity index (χ0n) is 12.7. The summed E-state index contributed by atoms with van der Waals surface area (Å²) in [6, 6.07) is 7.21. The zero-order chi connectivity index (χ0) is 15.1. The van der Waals surface area contributed by atoms with Crippen molar-refractivity contribution < 1.29 is 9.21 Å². The summed E-state index contributed by atoms with van der Waals surface area (Å²) >= 11 is 0. The van der Waals surface area contributed by atoms with Crippen LogP contribution in [0.4, 0.5) is 5.69 Å². The van der Waals surface area contributed by atoms with Gasteiger partial charge in [-0.15, -0.1) is 0 Å². The quantitative estimate of drug-likeness (QED) is 0.852. The van der Waals surface area contributed by atoms with Crippen LogP contribution in [-0.4, -0.2) is 23.9 Å². The van der Waals surface area contributed by atoms with Crippen LogP contribution in [0.5, 0.6) is 0 Å². The molecule has 1 aromatic carbocycles. The van der Waals surface area contributed by atoms with Crippen molar-refractivity contribution in [3.8, 4) is 0 Å². The lowest BCUT2D eigenvalue weighted by Crippen LogP contribution is -2.42. The van der Waals surface area contributed by atoms with Gasteiger partial charge in [-0.05, 0) is 36.6 Å². The van der Waals surface area contributed by atoms with Crippen molar-refractivity contribution in [3.05, 3.63) is 30.0 Å². The maximum absolute atomic E-state index is 12.5. The van der Waals surface area contributed by atoms with Gasteiger partial charge in [-0.3, -0.25) is 4.79 Å². The number of nitrogens with two attached hydrogens (primary N) is 1. The molecule has 0 spiro atoms. The molecule has 4 nitrogen and oxygen atoms in total. The summed E-state index contributed by atoms with van der Waals surface area (Å²) in [4.78, 5) is 14.2. The third-order valence-electron chi connectivity index (χ3n) is 3.91. The number of fused-ring (bicyclic) bond motifs is 1. The van der Waals surface area contributed by atoms with Crippen molar-refractivity contribution in [3.63, 3.8) is 0 Å². The lowest BCUT2D eigenvalue weighted by molar-refractivity contribution is 0.0600. The van der Waals surface area contributed by atoms with Gasteiger partial charge in [0.2, 0.25) is 0 Å². The van der Waals surface area contributed by atoms with Crippen LogP contribution < -0.4 is 5.73 Å². The Labute approximate surface area is 119 Å². The second-order valence-corrected chi connectivity index (χ2v) is 6.37. The monoisotopic (exact) mass is 274 g/mol. The number of hydrogen-bond acceptors (Lipinski definition) is 3. The van der Waals surface area contributed by atoms with Gasteiger partial charge in [0.25, 0.3) is 5.91 Å². The Balaban J connectivity index is 2.31. The predicted octanol–water partition coefficient (Wildman–Crippen LogP) is 3.52. The molecule has 0 aliphatic heterocycles. The van der Waals surface area contributed by atoms with Gasteiger partial charge in [0.05, 0.1) is 0 Å². The molecule has 20 heavy (non-hydrogen) atoms. The molecule has 0 saturated heterocycles. The Kier molecular flexibility index (Phi) is 3.50. The molecule has 0 aliphatic carbocycles. The van der Waals surface area contributed by atoms with E-state index in [0.29, 0.717) is 17.0 Å². The minimum atomic E-state index is -0.109. The third-order valence-corrected chi connectivity index (χ3v) is 3.91. The number of amides is 1. The summed E-state index contributed by atoms with van der Waals surface area (Å²) < 4.78 is 5.62. The largest absolute Gasteiger partial charge is 0.451 e. The fraction of sp³-hybridized carbons (Fsp3) is 0.438. The number of rotatable bonds is 2. The van der Waals surface area contributed by atoms with E-state index >= 15 is 0 Å². The molecule has 0 aliphatic rings. The predicted molar refractivity (Wildman–Crippen MR) is 81.6 cm³/mol. The molecule has 0 saturated carbocycles. The van der Waals surface area contributed by atoms with Crippen LogP contribution in [0, 0.1) is 5.41 Å². The van der Waals surface area contributed by atoms with E-state index in [4.69, 9.17) is 10.2 Å². The standard InChI is InChI=1S/C16H22N2O2/c1-10(16(2,3)4)18(5)15(19)14-9-11-8-12(17)6-7-13(11)20-14/h6-10H,17H2,1-5H3. The van der Waals surface area contributed by atoms with Crippen molar-refractivity contribution >= 4 is 22.6 Å². The van der Waals surface area contributed by atoms with Crippen molar-refractivity contribution in [1.29, 1.82) is 0 Å². The van der Waals surface area contributed by atoms with Crippen molar-refractivity contribution in [1.82, 2.24) is 4.90 Å². The maximum atomic E-state index is 12.5. The molecule has 108 valence electrons. The normalized spacial score (nSPS) is 13.4. The second kappa shape index (κ2) is 4.85. The van der Waals surface area contributed by atoms with E-state index in [1.54, 1.807) is 30.1 Å². The van der Waals surface area contributed by atoms with Gasteiger partial charge >= 0.3 is 0 Å². The summed E-state index contributed by atoms with van der Waals surface area (Å²) in [5, 5.41) is 0.852. The van der Waals surface area contributed by atoms with E-state index in [1.165, 1.54) is 0 Å². The van der Waals surface area contributed by atoms with Gasteiger partial charge < -0.3 is 15.1 Å². The van der Waals surface area contributed by atoms with Crippen LogP contribution in [-0.2, 0) is 0 Å². The molecule has 1 heterocycles. The highest BCUT2D eigenvalue weighted by Gasteiger charge is 2.29. The van der Waals surface area contributed by atoms with Gasteiger partial charge in [-0.1, -0.05) is 20.8 Å². The molecular formula is C16H22N2O2. The number of furan rings is 1. The number of benzene rings is 1. The highest BCUT2D eigenvalue weighted by Crippen LogP contribution is 2.26. The van der Waals surface area contributed by atoms with Gasteiger partial charge in [-0.2, -0.15) is 0 Å². The number of carbonyl (C=O) groups is 1. The van der Waals surface area contributed by atoms with Gasteiger partial charge in [-0.25, -0.2) is 0 Å². The topological polar surface area (TPSA) is 59.5 Å². The maximum Gasteiger partial charge on any atom is 0.289 e. The first-order valence-corrected chi connectivity index (χ1v) is 6.76. The Hall–Kier alpha value is -1.97. The molecule has 4 heteroatoms. The lowest BCUT2D eigenvalue weighted by atomic mass is 9.87. The van der Waals surface area contributed by atoms with Crippen LogP contribution in [0.3, 0.4) is 0 Å². The first-order valence-electron chi connectivity index (χ1n) is 6.76. The van der Waals surface area contributed by atoms with Crippen molar-refractivity contribution in [2.75, 3.05) is 12.8 Å². The number of hydrogen-bond donors (Lipinski definition) is 1. The molecule has 0 radical (unpaired) electrons. The van der Waals surface area contributed by atoms with Crippen LogP contribution >= 0.6 is 0 Å². The van der Waals surface area contributed by atoms with Crippen molar-refractivity contribution in [2.45, 2.75) is 33.7 Å². The van der Waals surface area contributed by atoms with E-state index in [1.807, 2.05) is 13.0 Å². The molecule has 1 aromatic heterocycles. The lowest BCUT2D eigenvalue weighted by Gasteiger charge is -2.34. The molecule has 0 fully saturated rings. The number of nitrogens with zero attached hydrogens (tertiary/aromatic N) is 1. The van der Waals surface area contributed by atoms with E-state index < -0.39 is 0 Å². The van der Waals surface area contributed by atoms with E-state index in [9.17, 15) is 4.79 Å². The van der Waals surface area contributed by atoms with Crippen LogP contribution in [0.15, 0.2) is 28.7 Å². The summed E-state index contributed by atoms with van der Waals surface area (Å²) in [6.07, 6.45) is 0. The highest BCUT2D eigenvalue weighted by molar-refractivity contribution is 5.96. The van der Waals surface area contributed by atoms with E-state index in [-0.39, 0.29) is 17.4 Å². The highest BCUT2D eigenvalue weighted by atomic mass is 16.3. The van der Waals surface area contributed by atoms with E-state index in [0.717, 1.165) is 5.39 Å². The molecule has 1 amide bonds. The summed E-state index contributed by atoms with van der Waals surface area (Å²) in [7, 11) is 1.81. The number of anilines is 1. The SMILES string of the molecule is CC(N(C)C(=O)c1cc2cc(N)ccc2o1)C(C)(C)C. The first-order chi connectivity index (χ1) is 9.20. The molecular weight excluding hydrogens is 252 g/mol. The molecule has 1 atom stereocenters. The van der Waals surface area contributed by atoms with Crippen molar-refractivity contribution in [2.24, 2.45) is 5.41 Å². The average Bonchev–Trinajstić information content (AvgIpc) is 2.77. The van der Waals surface area contributed by atoms with Gasteiger partial charge in [0.15, 0.2) is 5.76 Å². The fourth-order valence-corrected chi connectivity index (χ4v) is 2.10. The molecule has 2 N–H and O–H groups in total. The van der Waals surface area contributed by atoms with Gasteiger partial charge in [0, 0.05) is 24.2 Å². The molecule has 2 rings (SSSR count). The van der Waals surface area contributed by atoms with Crippen LogP contribution in [0.25, 0.3) is 11.0 Å². The molecule has 2 aromatic rings. The summed E-state index contributed by atoms with van der Waals surface area (Å²) in [6.45, 7) is 8.38. The minimum Gasteiger partial charge on any atom is -0.451 e. The Bertz CT molecular complexity index is 637. The fourth-order valence-electron chi connectivity index (χ4n) is 2.10. The Morgan fingerprint density at radius 1 is 1.30 bits per heavy atom. The smallest absolute Gasteiger partial charge is 0.289 e. The summed E-state index contributed by atoms with van der Waals surface area (Å²) in [5.41, 5.74) is 7.09. The van der Waals surface area contributed by atoms with Crippen LogP contribution in [0.1, 0.15) is 38.2 Å². The molecule has 0 bridgehead atoms. The number of carbonyl (C=O) groups excluding carboxylic acids is 1. The first kappa shape index (κ1) is 14.4. The zero-order valence-corrected chi connectivity index (χ0v) is 12.7. The summed E-state index contributed by atoms with van der Waals surface area (Å²) in [5.74, 6) is 0.242. The average molecular weight is 274 g/mol. The minimum absolute atomic E-state index is 0.0147. The van der Waals surface area contributed by atoms with Crippen LogP contribution in [0.2, 0.25) is 0 Å². The second-order valence-electron chi connectivity index (χ2n) is 6.37. The Morgan fingerprint density at radius 2 is 1.95 bits per heavy atom. The number of nitrogen functional groups attached to an aromatic ring is 1. The Morgan fingerprint density at radius 3 is 2.55 bits per heavy atom. The third kappa shape index (κ3) is 2.64.